The highest BCUT2D eigenvalue weighted by molar-refractivity contribution is 9.10. The molecule has 0 amide bonds. The van der Waals surface area contributed by atoms with Gasteiger partial charge in [-0.15, -0.1) is 11.3 Å². The molecule has 1 heterocycles. The summed E-state index contributed by atoms with van der Waals surface area (Å²) < 4.78 is 5.46. The maximum atomic E-state index is 11.5. The molecule has 0 fully saturated rings. The van der Waals surface area contributed by atoms with Crippen molar-refractivity contribution in [2.24, 2.45) is 0 Å². The SMILES string of the molecule is COC(=O)c1nc(Nc2ccc(Cl)c(Br)c2)sc1C. The molecule has 0 aliphatic heterocycles. The fourth-order valence-electron chi connectivity index (χ4n) is 1.43. The van der Waals surface area contributed by atoms with Crippen molar-refractivity contribution in [2.45, 2.75) is 6.92 Å². The number of carbonyl (C=O) groups is 1. The van der Waals surface area contributed by atoms with E-state index in [1.165, 1.54) is 18.4 Å². The largest absolute Gasteiger partial charge is 0.464 e. The van der Waals surface area contributed by atoms with E-state index in [2.05, 4.69) is 31.0 Å². The van der Waals surface area contributed by atoms with Gasteiger partial charge in [0.25, 0.3) is 0 Å². The summed E-state index contributed by atoms with van der Waals surface area (Å²) >= 11 is 10.7. The van der Waals surface area contributed by atoms with E-state index in [-0.39, 0.29) is 0 Å². The predicted octanol–water partition coefficient (Wildman–Crippen LogP) is 4.40. The molecule has 0 saturated carbocycles. The van der Waals surface area contributed by atoms with Crippen LogP contribution in [0.3, 0.4) is 0 Å². The minimum atomic E-state index is -0.431. The van der Waals surface area contributed by atoms with Crippen LogP contribution in [0.5, 0.6) is 0 Å². The summed E-state index contributed by atoms with van der Waals surface area (Å²) in [5.41, 5.74) is 1.17. The van der Waals surface area contributed by atoms with Crippen molar-refractivity contribution in [2.75, 3.05) is 12.4 Å². The van der Waals surface area contributed by atoms with Crippen LogP contribution < -0.4 is 5.32 Å². The van der Waals surface area contributed by atoms with Gasteiger partial charge in [0.05, 0.1) is 12.1 Å². The fourth-order valence-corrected chi connectivity index (χ4v) is 2.75. The third kappa shape index (κ3) is 3.26. The molecule has 2 rings (SSSR count). The van der Waals surface area contributed by atoms with E-state index in [0.717, 1.165) is 15.0 Å². The Bertz CT molecular complexity index is 630. The molecule has 0 spiro atoms. The van der Waals surface area contributed by atoms with Crippen molar-refractivity contribution < 1.29 is 9.53 Å². The number of halogens is 2. The standard InChI is InChI=1S/C12H10BrClN2O2S/c1-6-10(11(17)18-2)16-12(19-6)15-7-3-4-9(14)8(13)5-7/h3-5H,1-2H3,(H,15,16). The maximum Gasteiger partial charge on any atom is 0.357 e. The lowest BCUT2D eigenvalue weighted by molar-refractivity contribution is 0.0594. The van der Waals surface area contributed by atoms with Crippen LogP contribution in [-0.4, -0.2) is 18.1 Å². The monoisotopic (exact) mass is 360 g/mol. The number of carbonyl (C=O) groups excluding carboxylic acids is 1. The lowest BCUT2D eigenvalue weighted by Crippen LogP contribution is -2.03. The third-order valence-corrected chi connectivity index (χ3v) is 4.45. The molecule has 0 aliphatic carbocycles. The van der Waals surface area contributed by atoms with Crippen molar-refractivity contribution in [3.8, 4) is 0 Å². The number of esters is 1. The number of methoxy groups -OCH3 is 1. The number of anilines is 2. The number of nitrogens with one attached hydrogen (secondary N) is 1. The van der Waals surface area contributed by atoms with E-state index in [1.54, 1.807) is 6.07 Å². The minimum Gasteiger partial charge on any atom is -0.464 e. The normalized spacial score (nSPS) is 10.3. The van der Waals surface area contributed by atoms with Gasteiger partial charge < -0.3 is 10.1 Å². The lowest BCUT2D eigenvalue weighted by Gasteiger charge is -2.03. The van der Waals surface area contributed by atoms with E-state index in [1.807, 2.05) is 19.1 Å². The van der Waals surface area contributed by atoms with Crippen molar-refractivity contribution in [3.63, 3.8) is 0 Å². The van der Waals surface area contributed by atoms with Gasteiger partial charge in [-0.3, -0.25) is 0 Å². The second kappa shape index (κ2) is 5.90. The van der Waals surface area contributed by atoms with E-state index in [0.29, 0.717) is 15.8 Å². The first-order valence-corrected chi connectivity index (χ1v) is 7.28. The van der Waals surface area contributed by atoms with Crippen LogP contribution in [0.15, 0.2) is 22.7 Å². The topological polar surface area (TPSA) is 51.2 Å². The van der Waals surface area contributed by atoms with Crippen molar-refractivity contribution in [1.82, 2.24) is 4.98 Å². The lowest BCUT2D eigenvalue weighted by atomic mass is 10.3. The van der Waals surface area contributed by atoms with E-state index < -0.39 is 5.97 Å². The van der Waals surface area contributed by atoms with Gasteiger partial charge in [0.15, 0.2) is 10.8 Å². The Kier molecular flexibility index (Phi) is 4.44. The Morgan fingerprint density at radius 3 is 2.89 bits per heavy atom. The molecule has 19 heavy (non-hydrogen) atoms. The van der Waals surface area contributed by atoms with Crippen LogP contribution in [0, 0.1) is 6.92 Å². The number of aryl methyl sites for hydroxylation is 1. The number of hydrogen-bond acceptors (Lipinski definition) is 5. The van der Waals surface area contributed by atoms with Gasteiger partial charge in [-0.25, -0.2) is 9.78 Å². The van der Waals surface area contributed by atoms with Crippen LogP contribution >= 0.6 is 38.9 Å². The smallest absolute Gasteiger partial charge is 0.357 e. The summed E-state index contributed by atoms with van der Waals surface area (Å²) in [5.74, 6) is -0.431. The van der Waals surface area contributed by atoms with E-state index in [4.69, 9.17) is 11.6 Å². The van der Waals surface area contributed by atoms with Gasteiger partial charge in [0.2, 0.25) is 0 Å². The number of rotatable bonds is 3. The molecule has 2 aromatic rings. The van der Waals surface area contributed by atoms with Crippen LogP contribution in [0.2, 0.25) is 5.02 Å². The highest BCUT2D eigenvalue weighted by atomic mass is 79.9. The van der Waals surface area contributed by atoms with Crippen LogP contribution in [-0.2, 0) is 4.74 Å². The number of hydrogen-bond donors (Lipinski definition) is 1. The molecule has 0 radical (unpaired) electrons. The molecule has 1 N–H and O–H groups in total. The second-order valence-electron chi connectivity index (χ2n) is 3.67. The van der Waals surface area contributed by atoms with Crippen molar-refractivity contribution in [3.05, 3.63) is 38.3 Å². The van der Waals surface area contributed by atoms with Crippen molar-refractivity contribution >= 4 is 55.7 Å². The summed E-state index contributed by atoms with van der Waals surface area (Å²) in [6.45, 7) is 1.83. The van der Waals surface area contributed by atoms with Crippen molar-refractivity contribution in [1.29, 1.82) is 0 Å². The summed E-state index contributed by atoms with van der Waals surface area (Å²) in [6.07, 6.45) is 0. The molecule has 7 heteroatoms. The first-order chi connectivity index (χ1) is 9.01. The molecule has 100 valence electrons. The zero-order chi connectivity index (χ0) is 14.0. The average Bonchev–Trinajstić information content (AvgIpc) is 2.74. The second-order valence-corrected chi connectivity index (χ2v) is 6.13. The maximum absolute atomic E-state index is 11.5. The number of aromatic nitrogens is 1. The summed E-state index contributed by atoms with van der Waals surface area (Å²) in [4.78, 5) is 16.5. The first-order valence-electron chi connectivity index (χ1n) is 5.29. The zero-order valence-corrected chi connectivity index (χ0v) is 13.3. The minimum absolute atomic E-state index is 0.336. The highest BCUT2D eigenvalue weighted by Crippen LogP contribution is 2.30. The molecule has 0 saturated heterocycles. The molecule has 0 atom stereocenters. The molecule has 0 bridgehead atoms. The predicted molar refractivity (Wildman–Crippen MR) is 80.6 cm³/mol. The summed E-state index contributed by atoms with van der Waals surface area (Å²) in [7, 11) is 1.34. The Morgan fingerprint density at radius 1 is 1.53 bits per heavy atom. The van der Waals surface area contributed by atoms with E-state index in [9.17, 15) is 4.79 Å². The first kappa shape index (κ1) is 14.3. The number of thiazole rings is 1. The van der Waals surface area contributed by atoms with Crippen LogP contribution in [0.25, 0.3) is 0 Å². The van der Waals surface area contributed by atoms with Crippen LogP contribution in [0.1, 0.15) is 15.4 Å². The van der Waals surface area contributed by atoms with Gasteiger partial charge in [0.1, 0.15) is 0 Å². The Hall–Kier alpha value is -1.11. The molecule has 4 nitrogen and oxygen atoms in total. The summed E-state index contributed by atoms with van der Waals surface area (Å²) in [6, 6.07) is 5.45. The van der Waals surface area contributed by atoms with Gasteiger partial charge in [-0.2, -0.15) is 0 Å². The summed E-state index contributed by atoms with van der Waals surface area (Å²) in [5, 5.41) is 4.39. The molecule has 1 aromatic heterocycles. The average molecular weight is 362 g/mol. The number of nitrogens with zero attached hydrogens (tertiary/aromatic N) is 1. The Morgan fingerprint density at radius 2 is 2.26 bits per heavy atom. The fraction of sp³-hybridized carbons (Fsp3) is 0.167. The number of benzene rings is 1. The zero-order valence-electron chi connectivity index (χ0n) is 10.2. The van der Waals surface area contributed by atoms with Gasteiger partial charge in [-0.05, 0) is 41.1 Å². The molecule has 0 aliphatic rings. The van der Waals surface area contributed by atoms with Crippen LogP contribution in [0.4, 0.5) is 10.8 Å². The highest BCUT2D eigenvalue weighted by Gasteiger charge is 2.15. The Labute approximate surface area is 127 Å². The van der Waals surface area contributed by atoms with Gasteiger partial charge in [-0.1, -0.05) is 11.6 Å². The van der Waals surface area contributed by atoms with E-state index >= 15 is 0 Å². The third-order valence-electron chi connectivity index (χ3n) is 2.35. The molecule has 0 unspecified atom stereocenters. The molecular weight excluding hydrogens is 352 g/mol. The Balaban J connectivity index is 2.24. The number of ether oxygens (including phenoxy) is 1. The van der Waals surface area contributed by atoms with Gasteiger partial charge >= 0.3 is 5.97 Å². The molecular formula is C12H10BrClN2O2S. The molecule has 1 aromatic carbocycles. The quantitative estimate of drug-likeness (QED) is 0.823. The van der Waals surface area contributed by atoms with Gasteiger partial charge in [0, 0.05) is 15.0 Å².